The zero-order chi connectivity index (χ0) is 22.2. The van der Waals surface area contributed by atoms with Crippen molar-refractivity contribution in [3.63, 3.8) is 0 Å². The van der Waals surface area contributed by atoms with Crippen molar-refractivity contribution in [3.05, 3.63) is 56.4 Å². The SMILES string of the molecule is CCCOC(=O)C1=C(C)NC2=C(C(=O)CC(C)(C)C2)C1c1ccc(O)c([N+](=O)[O-])c1. The predicted octanol–water partition coefficient (Wildman–Crippen LogP) is 3.86. The van der Waals surface area contributed by atoms with E-state index >= 15 is 0 Å². The molecule has 0 amide bonds. The second-order valence-corrected chi connectivity index (χ2v) is 8.57. The highest BCUT2D eigenvalue weighted by Gasteiger charge is 2.43. The Morgan fingerprint density at radius 1 is 1.37 bits per heavy atom. The van der Waals surface area contributed by atoms with Gasteiger partial charge in [0.1, 0.15) is 0 Å². The highest BCUT2D eigenvalue weighted by molar-refractivity contribution is 6.04. The minimum absolute atomic E-state index is 0.109. The van der Waals surface area contributed by atoms with Crippen LogP contribution in [0.4, 0.5) is 5.69 Å². The molecule has 1 aliphatic heterocycles. The Hall–Kier alpha value is -3.16. The van der Waals surface area contributed by atoms with Gasteiger partial charge >= 0.3 is 11.7 Å². The van der Waals surface area contributed by atoms with Crippen LogP contribution in [0.1, 0.15) is 58.4 Å². The van der Waals surface area contributed by atoms with E-state index in [9.17, 15) is 24.8 Å². The lowest BCUT2D eigenvalue weighted by atomic mass is 9.68. The number of dihydropyridines is 1. The van der Waals surface area contributed by atoms with Crippen molar-refractivity contribution < 1.29 is 24.4 Å². The van der Waals surface area contributed by atoms with Gasteiger partial charge in [0.05, 0.1) is 17.1 Å². The van der Waals surface area contributed by atoms with Gasteiger partial charge in [0, 0.05) is 35.4 Å². The molecule has 1 heterocycles. The molecule has 1 atom stereocenters. The monoisotopic (exact) mass is 414 g/mol. The second-order valence-electron chi connectivity index (χ2n) is 8.57. The zero-order valence-corrected chi connectivity index (χ0v) is 17.6. The lowest BCUT2D eigenvalue weighted by molar-refractivity contribution is -0.385. The molecule has 1 aliphatic carbocycles. The number of hydrogen-bond acceptors (Lipinski definition) is 7. The number of nitro benzene ring substituents is 1. The first-order chi connectivity index (χ1) is 14.1. The quantitative estimate of drug-likeness (QED) is 0.427. The molecule has 0 radical (unpaired) electrons. The number of nitrogens with one attached hydrogen (secondary N) is 1. The molecular formula is C22H26N2O6. The van der Waals surface area contributed by atoms with E-state index in [4.69, 9.17) is 4.74 Å². The number of ketones is 1. The molecule has 0 saturated carbocycles. The van der Waals surface area contributed by atoms with Crippen molar-refractivity contribution in [1.82, 2.24) is 5.32 Å². The Morgan fingerprint density at radius 3 is 2.70 bits per heavy atom. The van der Waals surface area contributed by atoms with Gasteiger partial charge in [-0.15, -0.1) is 0 Å². The van der Waals surface area contributed by atoms with Gasteiger partial charge in [-0.2, -0.15) is 0 Å². The zero-order valence-electron chi connectivity index (χ0n) is 17.6. The Bertz CT molecular complexity index is 989. The van der Waals surface area contributed by atoms with Crippen molar-refractivity contribution in [3.8, 4) is 5.75 Å². The molecule has 0 spiro atoms. The smallest absolute Gasteiger partial charge is 0.336 e. The Labute approximate surface area is 174 Å². The number of Topliss-reactive ketones (excluding diaryl/α,β-unsaturated/α-hetero) is 1. The van der Waals surface area contributed by atoms with Gasteiger partial charge < -0.3 is 15.2 Å². The van der Waals surface area contributed by atoms with E-state index in [2.05, 4.69) is 5.32 Å². The van der Waals surface area contributed by atoms with Crippen molar-refractivity contribution in [1.29, 1.82) is 0 Å². The molecule has 1 unspecified atom stereocenters. The van der Waals surface area contributed by atoms with Gasteiger partial charge in [0.25, 0.3) is 0 Å². The van der Waals surface area contributed by atoms with Crippen LogP contribution < -0.4 is 5.32 Å². The number of phenolic OH excluding ortho intramolecular Hbond substituents is 1. The van der Waals surface area contributed by atoms with E-state index < -0.39 is 28.2 Å². The van der Waals surface area contributed by atoms with Crippen LogP contribution in [0.25, 0.3) is 0 Å². The Balaban J connectivity index is 2.20. The van der Waals surface area contributed by atoms with Gasteiger partial charge in [-0.25, -0.2) is 4.79 Å². The van der Waals surface area contributed by atoms with Gasteiger partial charge in [-0.1, -0.05) is 26.8 Å². The summed E-state index contributed by atoms with van der Waals surface area (Å²) in [6, 6.07) is 3.96. The molecule has 30 heavy (non-hydrogen) atoms. The lowest BCUT2D eigenvalue weighted by Gasteiger charge is -2.39. The first-order valence-corrected chi connectivity index (χ1v) is 9.94. The average Bonchev–Trinajstić information content (AvgIpc) is 2.64. The summed E-state index contributed by atoms with van der Waals surface area (Å²) in [6.45, 7) is 7.84. The van der Waals surface area contributed by atoms with Crippen molar-refractivity contribution >= 4 is 17.4 Å². The van der Waals surface area contributed by atoms with Crippen LogP contribution in [0.15, 0.2) is 40.7 Å². The molecule has 2 N–H and O–H groups in total. The fourth-order valence-corrected chi connectivity index (χ4v) is 4.18. The Morgan fingerprint density at radius 2 is 2.07 bits per heavy atom. The normalized spacial score (nSPS) is 20.5. The largest absolute Gasteiger partial charge is 0.502 e. The molecule has 0 fully saturated rings. The molecule has 160 valence electrons. The standard InChI is InChI=1S/C22H26N2O6/c1-5-8-30-21(27)18-12(2)23-14-10-22(3,4)11-17(26)20(14)19(18)13-6-7-16(25)15(9-13)24(28)29/h6-7,9,19,23,25H,5,8,10-11H2,1-4H3. The summed E-state index contributed by atoms with van der Waals surface area (Å²) in [5, 5.41) is 24.4. The third-order valence-corrected chi connectivity index (χ3v) is 5.43. The molecule has 0 saturated heterocycles. The minimum Gasteiger partial charge on any atom is -0.502 e. The molecule has 2 aliphatic rings. The molecule has 1 aromatic rings. The fraction of sp³-hybridized carbons (Fsp3) is 0.455. The molecule has 3 rings (SSSR count). The van der Waals surface area contributed by atoms with E-state index in [1.54, 1.807) is 6.92 Å². The van der Waals surface area contributed by atoms with Crippen LogP contribution in [-0.4, -0.2) is 28.4 Å². The van der Waals surface area contributed by atoms with Crippen LogP contribution in [0, 0.1) is 15.5 Å². The maximum atomic E-state index is 13.1. The molecule has 8 nitrogen and oxygen atoms in total. The summed E-state index contributed by atoms with van der Waals surface area (Å²) in [5.74, 6) is -1.94. The number of benzene rings is 1. The number of allylic oxidation sites excluding steroid dienone is 3. The number of carbonyl (C=O) groups is 2. The predicted molar refractivity (Wildman–Crippen MR) is 110 cm³/mol. The summed E-state index contributed by atoms with van der Waals surface area (Å²) in [7, 11) is 0. The number of carbonyl (C=O) groups excluding carboxylic acids is 2. The molecule has 1 aromatic carbocycles. The van der Waals surface area contributed by atoms with Crippen LogP contribution >= 0.6 is 0 Å². The van der Waals surface area contributed by atoms with Gasteiger partial charge in [-0.3, -0.25) is 14.9 Å². The highest BCUT2D eigenvalue weighted by Crippen LogP contribution is 2.47. The molecule has 0 bridgehead atoms. The van der Waals surface area contributed by atoms with Crippen LogP contribution in [-0.2, 0) is 14.3 Å². The number of phenols is 1. The lowest BCUT2D eigenvalue weighted by Crippen LogP contribution is -2.38. The highest BCUT2D eigenvalue weighted by atomic mass is 16.6. The number of rotatable bonds is 5. The van der Waals surface area contributed by atoms with Crippen LogP contribution in [0.2, 0.25) is 0 Å². The van der Waals surface area contributed by atoms with E-state index in [0.717, 1.165) is 5.70 Å². The first-order valence-electron chi connectivity index (χ1n) is 9.94. The van der Waals surface area contributed by atoms with Crippen molar-refractivity contribution in [2.75, 3.05) is 6.61 Å². The third kappa shape index (κ3) is 3.94. The van der Waals surface area contributed by atoms with E-state index in [-0.39, 0.29) is 23.4 Å². The van der Waals surface area contributed by atoms with Gasteiger partial charge in [0.15, 0.2) is 11.5 Å². The van der Waals surface area contributed by atoms with E-state index in [0.29, 0.717) is 36.1 Å². The first kappa shape index (κ1) is 21.5. The Kier molecular flexibility index (Phi) is 5.70. The van der Waals surface area contributed by atoms with E-state index in [1.807, 2.05) is 20.8 Å². The minimum atomic E-state index is -0.798. The van der Waals surface area contributed by atoms with Gasteiger partial charge in [-0.05, 0) is 36.8 Å². The number of nitrogens with zero attached hydrogens (tertiary/aromatic N) is 1. The number of hydrogen-bond donors (Lipinski definition) is 2. The van der Waals surface area contributed by atoms with Crippen molar-refractivity contribution in [2.24, 2.45) is 5.41 Å². The third-order valence-electron chi connectivity index (χ3n) is 5.43. The summed E-state index contributed by atoms with van der Waals surface area (Å²) in [5.41, 5.74) is 1.65. The fourth-order valence-electron chi connectivity index (χ4n) is 4.18. The number of nitro groups is 1. The number of aromatic hydroxyl groups is 1. The molecule has 0 aromatic heterocycles. The van der Waals surface area contributed by atoms with E-state index in [1.165, 1.54) is 18.2 Å². The van der Waals surface area contributed by atoms with Crippen molar-refractivity contribution in [2.45, 2.75) is 52.9 Å². The summed E-state index contributed by atoms with van der Waals surface area (Å²) < 4.78 is 5.36. The molecule has 8 heteroatoms. The van der Waals surface area contributed by atoms with Gasteiger partial charge in [0.2, 0.25) is 0 Å². The summed E-state index contributed by atoms with van der Waals surface area (Å²) >= 11 is 0. The van der Waals surface area contributed by atoms with Crippen LogP contribution in [0.5, 0.6) is 5.75 Å². The number of ether oxygens (including phenoxy) is 1. The topological polar surface area (TPSA) is 119 Å². The maximum Gasteiger partial charge on any atom is 0.336 e. The summed E-state index contributed by atoms with van der Waals surface area (Å²) in [4.78, 5) is 36.7. The summed E-state index contributed by atoms with van der Waals surface area (Å²) in [6.07, 6.45) is 1.56. The maximum absolute atomic E-state index is 13.1. The van der Waals surface area contributed by atoms with Crippen LogP contribution in [0.3, 0.4) is 0 Å². The molecular weight excluding hydrogens is 388 g/mol. The number of esters is 1. The average molecular weight is 414 g/mol. The second kappa shape index (κ2) is 7.93.